The molecule has 7 heteroatoms. The van der Waals surface area contributed by atoms with E-state index in [0.717, 1.165) is 37.7 Å². The predicted molar refractivity (Wildman–Crippen MR) is 101 cm³/mol. The Labute approximate surface area is 154 Å². The van der Waals surface area contributed by atoms with E-state index in [9.17, 15) is 4.79 Å². The normalized spacial score (nSPS) is 24.9. The van der Waals surface area contributed by atoms with E-state index in [1.807, 2.05) is 25.2 Å². The molecule has 2 aliphatic rings. The third-order valence-electron chi connectivity index (χ3n) is 5.38. The molecule has 1 spiro atoms. The van der Waals surface area contributed by atoms with Gasteiger partial charge in [0, 0.05) is 69.8 Å². The van der Waals surface area contributed by atoms with Gasteiger partial charge in [0.05, 0.1) is 0 Å². The van der Waals surface area contributed by atoms with Crippen LogP contribution >= 0.6 is 11.3 Å². The maximum absolute atomic E-state index is 12.2. The summed E-state index contributed by atoms with van der Waals surface area (Å²) in [6.45, 7) is 4.85. The molecule has 0 aliphatic carbocycles. The molecule has 1 aromatic heterocycles. The second-order valence-electron chi connectivity index (χ2n) is 7.71. The van der Waals surface area contributed by atoms with E-state index in [-0.39, 0.29) is 17.9 Å². The van der Waals surface area contributed by atoms with Crippen molar-refractivity contribution < 1.29 is 9.90 Å². The largest absolute Gasteiger partial charge is 0.396 e. The molecule has 0 aromatic carbocycles. The Morgan fingerprint density at radius 2 is 2.20 bits per heavy atom. The van der Waals surface area contributed by atoms with E-state index >= 15 is 0 Å². The number of aromatic nitrogens is 1. The lowest BCUT2D eigenvalue weighted by molar-refractivity contribution is -0.139. The third-order valence-corrected chi connectivity index (χ3v) is 6.53. The van der Waals surface area contributed by atoms with E-state index in [2.05, 4.69) is 14.8 Å². The summed E-state index contributed by atoms with van der Waals surface area (Å²) < 4.78 is 0. The fourth-order valence-corrected chi connectivity index (χ4v) is 5.02. The molecule has 2 aliphatic heterocycles. The van der Waals surface area contributed by atoms with Crippen molar-refractivity contribution in [3.8, 4) is 0 Å². The predicted octanol–water partition coefficient (Wildman–Crippen LogP) is 1.80. The van der Waals surface area contributed by atoms with E-state index in [4.69, 9.17) is 5.11 Å². The lowest BCUT2D eigenvalue weighted by Crippen LogP contribution is -2.54. The molecule has 0 unspecified atom stereocenters. The van der Waals surface area contributed by atoms with Gasteiger partial charge in [0.25, 0.3) is 0 Å². The number of nitrogens with zero attached hydrogens (tertiary/aromatic N) is 4. The third kappa shape index (κ3) is 4.51. The Kier molecular flexibility index (Phi) is 5.96. The molecule has 3 rings (SSSR count). The molecule has 140 valence electrons. The summed E-state index contributed by atoms with van der Waals surface area (Å²) in [4.78, 5) is 24.6. The molecule has 1 amide bonds. The van der Waals surface area contributed by atoms with Crippen LogP contribution in [0, 0.1) is 5.41 Å². The highest BCUT2D eigenvalue weighted by Crippen LogP contribution is 2.39. The first-order valence-corrected chi connectivity index (χ1v) is 10.1. The molecule has 0 saturated carbocycles. The minimum absolute atomic E-state index is 0.155. The van der Waals surface area contributed by atoms with E-state index in [0.29, 0.717) is 19.4 Å². The van der Waals surface area contributed by atoms with Crippen LogP contribution in [-0.2, 0) is 11.3 Å². The standard InChI is InChI=1S/C18H30N4O2S/c1-20(2)17-19-11-15(25-17)12-21-8-3-6-18(13-21)7-5-16(24)22(14-18)9-4-10-23/h11,23H,3-10,12-14H2,1-2H3/t18-/m0/s1. The first-order valence-electron chi connectivity index (χ1n) is 9.24. The van der Waals surface area contributed by atoms with Gasteiger partial charge in [-0.05, 0) is 32.2 Å². The molecule has 3 heterocycles. The lowest BCUT2D eigenvalue weighted by atomic mass is 9.73. The molecule has 1 aromatic rings. The number of piperidine rings is 2. The monoisotopic (exact) mass is 366 g/mol. The summed E-state index contributed by atoms with van der Waals surface area (Å²) in [5.41, 5.74) is 0.233. The van der Waals surface area contributed by atoms with E-state index < -0.39 is 0 Å². The maximum Gasteiger partial charge on any atom is 0.222 e. The number of rotatable bonds is 6. The lowest BCUT2D eigenvalue weighted by Gasteiger charge is -2.48. The maximum atomic E-state index is 12.2. The Balaban J connectivity index is 1.62. The van der Waals surface area contributed by atoms with Gasteiger partial charge in [-0.2, -0.15) is 0 Å². The molecule has 25 heavy (non-hydrogen) atoms. The molecule has 1 N–H and O–H groups in total. The molecule has 2 fully saturated rings. The van der Waals surface area contributed by atoms with Crippen LogP contribution in [0.5, 0.6) is 0 Å². The van der Waals surface area contributed by atoms with Gasteiger partial charge in [-0.3, -0.25) is 9.69 Å². The molecule has 1 atom stereocenters. The van der Waals surface area contributed by atoms with Gasteiger partial charge in [0.1, 0.15) is 0 Å². The summed E-state index contributed by atoms with van der Waals surface area (Å²) in [5.74, 6) is 0.259. The highest BCUT2D eigenvalue weighted by atomic mass is 32.1. The number of anilines is 1. The number of carbonyl (C=O) groups excluding carboxylic acids is 1. The van der Waals surface area contributed by atoms with Crippen molar-refractivity contribution in [3.05, 3.63) is 11.1 Å². The summed E-state index contributed by atoms with van der Waals surface area (Å²) >= 11 is 1.76. The van der Waals surface area contributed by atoms with Crippen LogP contribution in [-0.4, -0.2) is 72.7 Å². The van der Waals surface area contributed by atoms with E-state index in [1.54, 1.807) is 11.3 Å². The quantitative estimate of drug-likeness (QED) is 0.832. The fraction of sp³-hybridized carbons (Fsp3) is 0.778. The summed E-state index contributed by atoms with van der Waals surface area (Å²) in [6.07, 6.45) is 6.74. The smallest absolute Gasteiger partial charge is 0.222 e. The number of aliphatic hydroxyl groups excluding tert-OH is 1. The number of aliphatic hydroxyl groups is 1. The highest BCUT2D eigenvalue weighted by molar-refractivity contribution is 7.15. The Morgan fingerprint density at radius 3 is 2.92 bits per heavy atom. The Hall–Kier alpha value is -1.18. The molecule has 6 nitrogen and oxygen atoms in total. The van der Waals surface area contributed by atoms with Crippen molar-refractivity contribution in [1.29, 1.82) is 0 Å². The topological polar surface area (TPSA) is 59.9 Å². The van der Waals surface area contributed by atoms with Crippen molar-refractivity contribution in [2.24, 2.45) is 5.41 Å². The first kappa shape index (κ1) is 18.6. The zero-order chi connectivity index (χ0) is 17.9. The van der Waals surface area contributed by atoms with Crippen molar-refractivity contribution in [2.45, 2.75) is 38.6 Å². The number of thiazole rings is 1. The van der Waals surface area contributed by atoms with Gasteiger partial charge in [0.15, 0.2) is 5.13 Å². The van der Waals surface area contributed by atoms with Crippen LogP contribution in [0.2, 0.25) is 0 Å². The van der Waals surface area contributed by atoms with Gasteiger partial charge in [-0.15, -0.1) is 11.3 Å². The minimum Gasteiger partial charge on any atom is -0.396 e. The number of likely N-dealkylation sites (tertiary alicyclic amines) is 2. The molecular formula is C18H30N4O2S. The van der Waals surface area contributed by atoms with Crippen LogP contribution in [0.15, 0.2) is 6.20 Å². The van der Waals surface area contributed by atoms with Gasteiger partial charge >= 0.3 is 0 Å². The van der Waals surface area contributed by atoms with Crippen molar-refractivity contribution in [1.82, 2.24) is 14.8 Å². The highest BCUT2D eigenvalue weighted by Gasteiger charge is 2.41. The van der Waals surface area contributed by atoms with Crippen LogP contribution in [0.1, 0.15) is 37.0 Å². The number of hydrogen-bond acceptors (Lipinski definition) is 6. The second-order valence-corrected chi connectivity index (χ2v) is 8.80. The molecule has 0 radical (unpaired) electrons. The van der Waals surface area contributed by atoms with Crippen LogP contribution < -0.4 is 4.90 Å². The first-order chi connectivity index (χ1) is 12.0. The molecule has 0 bridgehead atoms. The number of amides is 1. The van der Waals surface area contributed by atoms with Crippen molar-refractivity contribution in [2.75, 3.05) is 51.8 Å². The van der Waals surface area contributed by atoms with E-state index in [1.165, 1.54) is 17.7 Å². The van der Waals surface area contributed by atoms with Gasteiger partial charge in [0.2, 0.25) is 5.91 Å². The minimum atomic E-state index is 0.155. The van der Waals surface area contributed by atoms with Gasteiger partial charge in [-0.25, -0.2) is 4.98 Å². The average molecular weight is 367 g/mol. The summed E-state index contributed by atoms with van der Waals surface area (Å²) in [6, 6.07) is 0. The zero-order valence-electron chi connectivity index (χ0n) is 15.4. The van der Waals surface area contributed by atoms with Crippen LogP contribution in [0.25, 0.3) is 0 Å². The molecule has 2 saturated heterocycles. The van der Waals surface area contributed by atoms with Crippen molar-refractivity contribution in [3.63, 3.8) is 0 Å². The Morgan fingerprint density at radius 1 is 1.36 bits per heavy atom. The van der Waals surface area contributed by atoms with Gasteiger partial charge < -0.3 is 14.9 Å². The number of carbonyl (C=O) groups is 1. The molecular weight excluding hydrogens is 336 g/mol. The average Bonchev–Trinajstić information content (AvgIpc) is 3.05. The number of hydrogen-bond donors (Lipinski definition) is 1. The SMILES string of the molecule is CN(C)c1ncc(CN2CCC[C@]3(CCC(=O)N(CCCO)C3)C2)s1. The van der Waals surface area contributed by atoms with Crippen LogP contribution in [0.3, 0.4) is 0 Å². The Bertz CT molecular complexity index is 591. The fourth-order valence-electron chi connectivity index (χ4n) is 4.14. The second kappa shape index (κ2) is 8.01. The summed E-state index contributed by atoms with van der Waals surface area (Å²) in [5, 5.41) is 10.1. The van der Waals surface area contributed by atoms with Crippen LogP contribution in [0.4, 0.5) is 5.13 Å². The summed E-state index contributed by atoms with van der Waals surface area (Å²) in [7, 11) is 4.05. The zero-order valence-corrected chi connectivity index (χ0v) is 16.2. The van der Waals surface area contributed by atoms with Gasteiger partial charge in [-0.1, -0.05) is 0 Å². The van der Waals surface area contributed by atoms with Crippen molar-refractivity contribution >= 4 is 22.4 Å².